The van der Waals surface area contributed by atoms with Crippen LogP contribution < -0.4 is 5.32 Å². The molecule has 0 heterocycles. The first-order chi connectivity index (χ1) is 25.0. The molecular weight excluding hydrogens is 671 g/mol. The summed E-state index contributed by atoms with van der Waals surface area (Å²) < 4.78 is 23.5. The van der Waals surface area contributed by atoms with E-state index in [1.54, 1.807) is 6.08 Å². The van der Waals surface area contributed by atoms with Crippen molar-refractivity contribution in [3.05, 3.63) is 24.3 Å². The number of nitrogens with one attached hydrogen (secondary N) is 1. The van der Waals surface area contributed by atoms with Crippen molar-refractivity contribution in [3.63, 3.8) is 0 Å². The molecule has 0 spiro atoms. The van der Waals surface area contributed by atoms with Crippen LogP contribution in [0, 0.1) is 0 Å². The fourth-order valence-electron chi connectivity index (χ4n) is 6.16. The maximum absolute atomic E-state index is 12.8. The van der Waals surface area contributed by atoms with Crippen LogP contribution in [0.2, 0.25) is 0 Å². The third-order valence-corrected chi connectivity index (χ3v) is 10.6. The number of phosphoric ester groups is 1. The Kier molecular flexibility index (Phi) is 35.0. The summed E-state index contributed by atoms with van der Waals surface area (Å²) in [6.45, 7) is 4.76. The minimum atomic E-state index is -4.33. The summed E-state index contributed by atoms with van der Waals surface area (Å²) in [7, 11) is 1.57. The Morgan fingerprint density at radius 3 is 1.56 bits per heavy atom. The van der Waals surface area contributed by atoms with E-state index in [0.29, 0.717) is 17.4 Å². The Bertz CT molecular complexity index is 907. The maximum atomic E-state index is 12.8. The van der Waals surface area contributed by atoms with E-state index in [9.17, 15) is 19.4 Å². The molecule has 1 amide bonds. The van der Waals surface area contributed by atoms with Crippen molar-refractivity contribution in [2.24, 2.45) is 0 Å². The van der Waals surface area contributed by atoms with Crippen molar-refractivity contribution < 1.29 is 32.9 Å². The lowest BCUT2D eigenvalue weighted by molar-refractivity contribution is -0.870. The number of carbonyl (C=O) groups is 1. The molecule has 3 atom stereocenters. The predicted molar refractivity (Wildman–Crippen MR) is 221 cm³/mol. The van der Waals surface area contributed by atoms with Gasteiger partial charge in [0.05, 0.1) is 39.9 Å². The van der Waals surface area contributed by atoms with Gasteiger partial charge in [0.25, 0.3) is 0 Å². The highest BCUT2D eigenvalue weighted by Crippen LogP contribution is 2.43. The number of aliphatic hydroxyl groups is 1. The summed E-state index contributed by atoms with van der Waals surface area (Å²) in [5.74, 6) is -0.179. The number of nitrogens with zero attached hydrogens (tertiary/aromatic N) is 1. The molecule has 0 saturated heterocycles. The van der Waals surface area contributed by atoms with Gasteiger partial charge in [0.15, 0.2) is 0 Å². The number of rotatable bonds is 39. The summed E-state index contributed by atoms with van der Waals surface area (Å²) in [6, 6.07) is -0.844. The van der Waals surface area contributed by atoms with Crippen LogP contribution in [0.4, 0.5) is 0 Å². The summed E-state index contributed by atoms with van der Waals surface area (Å²) in [4.78, 5) is 23.1. The van der Waals surface area contributed by atoms with Gasteiger partial charge in [-0.25, -0.2) is 4.57 Å². The number of hydrogen-bond donors (Lipinski definition) is 3. The summed E-state index contributed by atoms with van der Waals surface area (Å²) in [6.07, 6.45) is 41.0. The van der Waals surface area contributed by atoms with Gasteiger partial charge in [0.1, 0.15) is 13.2 Å². The van der Waals surface area contributed by atoms with Gasteiger partial charge < -0.3 is 19.8 Å². The molecule has 9 heteroatoms. The molecule has 308 valence electrons. The second-order valence-electron chi connectivity index (χ2n) is 16.1. The Hall–Kier alpha value is -1.02. The summed E-state index contributed by atoms with van der Waals surface area (Å²) in [5.41, 5.74) is 0. The van der Waals surface area contributed by atoms with E-state index < -0.39 is 20.0 Å². The first-order valence-corrected chi connectivity index (χ1v) is 23.2. The van der Waals surface area contributed by atoms with Crippen molar-refractivity contribution in [3.8, 4) is 0 Å². The smallest absolute Gasteiger partial charge is 0.387 e. The van der Waals surface area contributed by atoms with Gasteiger partial charge in [-0.3, -0.25) is 13.8 Å². The second kappa shape index (κ2) is 35.7. The number of hydrogen-bond acceptors (Lipinski definition) is 5. The van der Waals surface area contributed by atoms with Gasteiger partial charge in [0, 0.05) is 6.42 Å². The van der Waals surface area contributed by atoms with Gasteiger partial charge in [-0.2, -0.15) is 0 Å². The Morgan fingerprint density at radius 1 is 0.635 bits per heavy atom. The molecule has 0 aliphatic carbocycles. The standard InChI is InChI=1S/C43H85N2O6P/c1-6-8-10-12-14-16-18-20-21-22-23-25-27-29-31-33-35-37-43(47)44-41(40-51-52(48,49)50-39-38-45(3,4)5)42(46)36-34-32-30-28-26-24-19-17-15-13-11-9-7-2/h11,13,34,36,41-42,46H,6-10,12,14-33,35,37-40H2,1-5H3,(H-,44,47,48,49)/p+1/b13-11+,36-34+/t41-,42+/m0/s1. The number of aliphatic hydroxyl groups excluding tert-OH is 1. The first-order valence-electron chi connectivity index (χ1n) is 21.7. The van der Waals surface area contributed by atoms with E-state index in [-0.39, 0.29) is 19.1 Å². The molecule has 0 saturated carbocycles. The third-order valence-electron chi connectivity index (χ3n) is 9.65. The zero-order valence-electron chi connectivity index (χ0n) is 34.8. The predicted octanol–water partition coefficient (Wildman–Crippen LogP) is 11.7. The Labute approximate surface area is 322 Å². The fourth-order valence-corrected chi connectivity index (χ4v) is 6.90. The first kappa shape index (κ1) is 51.0. The quantitative estimate of drug-likeness (QED) is 0.0250. The summed E-state index contributed by atoms with van der Waals surface area (Å²) >= 11 is 0. The van der Waals surface area contributed by atoms with Crippen LogP contribution in [0.1, 0.15) is 194 Å². The molecular formula is C43H86N2O6P+. The molecule has 0 radical (unpaired) electrons. The molecule has 0 aromatic carbocycles. The lowest BCUT2D eigenvalue weighted by Gasteiger charge is -2.25. The Morgan fingerprint density at radius 2 is 1.08 bits per heavy atom. The lowest BCUT2D eigenvalue weighted by atomic mass is 10.0. The van der Waals surface area contributed by atoms with Gasteiger partial charge in [0.2, 0.25) is 5.91 Å². The van der Waals surface area contributed by atoms with Crippen molar-refractivity contribution >= 4 is 13.7 Å². The normalized spacial score (nSPS) is 14.7. The number of allylic oxidation sites excluding steroid dienone is 3. The lowest BCUT2D eigenvalue weighted by Crippen LogP contribution is -2.45. The number of likely N-dealkylation sites (N-methyl/N-ethyl adjacent to an activating group) is 1. The monoisotopic (exact) mass is 758 g/mol. The van der Waals surface area contributed by atoms with Crippen LogP contribution in [0.5, 0.6) is 0 Å². The van der Waals surface area contributed by atoms with Crippen molar-refractivity contribution in [1.82, 2.24) is 5.32 Å². The van der Waals surface area contributed by atoms with Gasteiger partial charge >= 0.3 is 7.82 Å². The van der Waals surface area contributed by atoms with Gasteiger partial charge in [-0.1, -0.05) is 173 Å². The minimum absolute atomic E-state index is 0.0616. The highest BCUT2D eigenvalue weighted by atomic mass is 31.2. The van der Waals surface area contributed by atoms with E-state index in [4.69, 9.17) is 9.05 Å². The maximum Gasteiger partial charge on any atom is 0.472 e. The highest BCUT2D eigenvalue weighted by molar-refractivity contribution is 7.47. The fraction of sp³-hybridized carbons (Fsp3) is 0.884. The molecule has 52 heavy (non-hydrogen) atoms. The number of quaternary nitrogens is 1. The van der Waals surface area contributed by atoms with Crippen LogP contribution in [0.25, 0.3) is 0 Å². The number of amides is 1. The molecule has 0 aromatic rings. The van der Waals surface area contributed by atoms with Crippen molar-refractivity contribution in [2.75, 3.05) is 40.9 Å². The van der Waals surface area contributed by atoms with E-state index in [1.807, 2.05) is 27.2 Å². The van der Waals surface area contributed by atoms with Crippen LogP contribution in [0.15, 0.2) is 24.3 Å². The molecule has 0 aliphatic heterocycles. The van der Waals surface area contributed by atoms with Crippen LogP contribution in [-0.4, -0.2) is 73.4 Å². The molecule has 0 aromatic heterocycles. The number of unbranched alkanes of at least 4 members (excludes halogenated alkanes) is 24. The molecule has 0 bridgehead atoms. The average Bonchev–Trinajstić information content (AvgIpc) is 3.09. The summed E-state index contributed by atoms with van der Waals surface area (Å²) in [5, 5.41) is 13.8. The van der Waals surface area contributed by atoms with E-state index >= 15 is 0 Å². The Balaban J connectivity index is 4.41. The average molecular weight is 758 g/mol. The molecule has 0 rings (SSSR count). The van der Waals surface area contributed by atoms with Crippen molar-refractivity contribution in [2.45, 2.75) is 206 Å². The SMILES string of the molecule is CCC/C=C/CCCCCCCC/C=C/[C@@H](O)[C@H](COP(=O)(O)OCC[N+](C)(C)C)NC(=O)CCCCCCCCCCCCCCCCCCC. The molecule has 1 unspecified atom stereocenters. The number of phosphoric acid groups is 1. The van der Waals surface area contributed by atoms with E-state index in [2.05, 4.69) is 31.3 Å². The van der Waals surface area contributed by atoms with Crippen LogP contribution in [-0.2, 0) is 18.4 Å². The minimum Gasteiger partial charge on any atom is -0.387 e. The molecule has 0 fully saturated rings. The third kappa shape index (κ3) is 37.3. The second-order valence-corrected chi connectivity index (χ2v) is 17.5. The largest absolute Gasteiger partial charge is 0.472 e. The van der Waals surface area contributed by atoms with Gasteiger partial charge in [-0.15, -0.1) is 0 Å². The molecule has 3 N–H and O–H groups in total. The van der Waals surface area contributed by atoms with Crippen LogP contribution in [0.3, 0.4) is 0 Å². The zero-order chi connectivity index (χ0) is 38.6. The van der Waals surface area contributed by atoms with E-state index in [1.165, 1.54) is 135 Å². The molecule has 0 aliphatic rings. The van der Waals surface area contributed by atoms with Gasteiger partial charge in [-0.05, 0) is 38.5 Å². The van der Waals surface area contributed by atoms with E-state index in [0.717, 1.165) is 38.5 Å². The van der Waals surface area contributed by atoms with Crippen molar-refractivity contribution in [1.29, 1.82) is 0 Å². The zero-order valence-corrected chi connectivity index (χ0v) is 35.7. The number of carbonyl (C=O) groups excluding carboxylic acids is 1. The van der Waals surface area contributed by atoms with Crippen LogP contribution >= 0.6 is 7.82 Å². The highest BCUT2D eigenvalue weighted by Gasteiger charge is 2.27. The topological polar surface area (TPSA) is 105 Å². The molecule has 8 nitrogen and oxygen atoms in total.